The summed E-state index contributed by atoms with van der Waals surface area (Å²) in [5, 5.41) is 9.31. The number of carboxylic acids is 1. The molecular weight excluding hydrogens is 412 g/mol. The quantitative estimate of drug-likeness (QED) is 0.454. The number of carboxylic acid groups (broad SMARTS) is 1. The Morgan fingerprint density at radius 1 is 1.19 bits per heavy atom. The fraction of sp³-hybridized carbons (Fsp3) is 0.294. The molecule has 0 amide bonds. The second-order valence-corrected chi connectivity index (χ2v) is 5.83. The summed E-state index contributed by atoms with van der Waals surface area (Å²) in [6.07, 6.45) is 0.224. The number of furan rings is 1. The molecule has 1 aromatic carbocycles. The first-order valence-electron chi connectivity index (χ1n) is 7.37. The third-order valence-corrected chi connectivity index (χ3v) is 4.14. The molecule has 1 heterocycles. The normalized spacial score (nSPS) is 10.6. The van der Waals surface area contributed by atoms with Gasteiger partial charge in [0.1, 0.15) is 17.3 Å². The van der Waals surface area contributed by atoms with E-state index in [1.807, 2.05) is 0 Å². The average molecular weight is 429 g/mol. The molecule has 0 aliphatic rings. The smallest absolute Gasteiger partial charge is 0.307 e. The highest BCUT2D eigenvalue weighted by Crippen LogP contribution is 2.44. The van der Waals surface area contributed by atoms with Gasteiger partial charge in [0.25, 0.3) is 0 Å². The van der Waals surface area contributed by atoms with Crippen LogP contribution in [0.2, 0.25) is 0 Å². The lowest BCUT2D eigenvalue weighted by molar-refractivity contribution is -0.136. The maximum Gasteiger partial charge on any atom is 0.307 e. The standard InChI is InChI=1S/C17H17BrO8/c1-22-8-24-13-6-14(25-9-23-2)17(18)11(5-15(20)21)16(13)12-4-3-10(7-19)26-12/h3-4,6-7H,5,8-9H2,1-2H3,(H,20,21). The van der Waals surface area contributed by atoms with E-state index in [-0.39, 0.29) is 37.3 Å². The monoisotopic (exact) mass is 428 g/mol. The van der Waals surface area contributed by atoms with Crippen molar-refractivity contribution in [2.45, 2.75) is 6.42 Å². The van der Waals surface area contributed by atoms with Crippen LogP contribution in [-0.2, 0) is 20.7 Å². The summed E-state index contributed by atoms with van der Waals surface area (Å²) in [5.41, 5.74) is 0.748. The van der Waals surface area contributed by atoms with Crippen LogP contribution in [0.4, 0.5) is 0 Å². The van der Waals surface area contributed by atoms with Crippen molar-refractivity contribution in [3.63, 3.8) is 0 Å². The van der Waals surface area contributed by atoms with Crippen molar-refractivity contribution in [2.75, 3.05) is 27.8 Å². The van der Waals surface area contributed by atoms with Crippen molar-refractivity contribution in [2.24, 2.45) is 0 Å². The number of carbonyl (C=O) groups is 2. The van der Waals surface area contributed by atoms with Gasteiger partial charge in [0, 0.05) is 20.3 Å². The average Bonchev–Trinajstić information content (AvgIpc) is 3.09. The number of hydrogen-bond acceptors (Lipinski definition) is 7. The van der Waals surface area contributed by atoms with Crippen LogP contribution in [0, 0.1) is 0 Å². The van der Waals surface area contributed by atoms with Crippen LogP contribution >= 0.6 is 15.9 Å². The molecule has 0 saturated carbocycles. The molecule has 9 heteroatoms. The molecule has 0 atom stereocenters. The molecule has 0 bridgehead atoms. The van der Waals surface area contributed by atoms with Gasteiger partial charge < -0.3 is 28.5 Å². The van der Waals surface area contributed by atoms with Crippen LogP contribution in [0.3, 0.4) is 0 Å². The second kappa shape index (κ2) is 9.37. The summed E-state index contributed by atoms with van der Waals surface area (Å²) in [7, 11) is 2.92. The van der Waals surface area contributed by atoms with E-state index in [4.69, 9.17) is 23.4 Å². The highest BCUT2D eigenvalue weighted by molar-refractivity contribution is 9.10. The molecule has 140 valence electrons. The molecule has 0 saturated heterocycles. The summed E-state index contributed by atoms with van der Waals surface area (Å²) < 4.78 is 26.8. The minimum absolute atomic E-state index is 0.0375. The van der Waals surface area contributed by atoms with Gasteiger partial charge in [0.2, 0.25) is 0 Å². The van der Waals surface area contributed by atoms with E-state index in [2.05, 4.69) is 15.9 Å². The largest absolute Gasteiger partial charge is 0.481 e. The van der Waals surface area contributed by atoms with Crippen LogP contribution in [0.1, 0.15) is 16.1 Å². The molecule has 26 heavy (non-hydrogen) atoms. The van der Waals surface area contributed by atoms with Gasteiger partial charge in [0.15, 0.2) is 25.6 Å². The van der Waals surface area contributed by atoms with Crippen LogP contribution in [-0.4, -0.2) is 45.2 Å². The Labute approximate surface area is 157 Å². The van der Waals surface area contributed by atoms with E-state index in [1.54, 1.807) is 12.1 Å². The number of halogens is 1. The topological polar surface area (TPSA) is 104 Å². The Morgan fingerprint density at radius 2 is 1.85 bits per heavy atom. The van der Waals surface area contributed by atoms with Crippen molar-refractivity contribution in [1.29, 1.82) is 0 Å². The van der Waals surface area contributed by atoms with E-state index in [9.17, 15) is 14.7 Å². The number of rotatable bonds is 10. The Balaban J connectivity index is 2.67. The zero-order chi connectivity index (χ0) is 19.1. The van der Waals surface area contributed by atoms with E-state index in [0.29, 0.717) is 27.6 Å². The molecule has 1 N–H and O–H groups in total. The van der Waals surface area contributed by atoms with Crippen molar-refractivity contribution in [1.82, 2.24) is 0 Å². The van der Waals surface area contributed by atoms with Crippen molar-refractivity contribution >= 4 is 28.2 Å². The molecule has 8 nitrogen and oxygen atoms in total. The fourth-order valence-electron chi connectivity index (χ4n) is 2.26. The first-order chi connectivity index (χ1) is 12.5. The lowest BCUT2D eigenvalue weighted by Gasteiger charge is -2.18. The minimum Gasteiger partial charge on any atom is -0.481 e. The van der Waals surface area contributed by atoms with Gasteiger partial charge >= 0.3 is 5.97 Å². The Hall–Kier alpha value is -2.36. The third-order valence-electron chi connectivity index (χ3n) is 3.27. The van der Waals surface area contributed by atoms with Crippen LogP contribution in [0.25, 0.3) is 11.3 Å². The van der Waals surface area contributed by atoms with Crippen LogP contribution in [0.15, 0.2) is 27.1 Å². The predicted octanol–water partition coefficient (Wildman–Crippen LogP) is 3.11. The van der Waals surface area contributed by atoms with E-state index in [0.717, 1.165) is 0 Å². The number of ether oxygens (including phenoxy) is 4. The van der Waals surface area contributed by atoms with Crippen molar-refractivity contribution in [3.8, 4) is 22.8 Å². The number of benzene rings is 1. The van der Waals surface area contributed by atoms with Crippen molar-refractivity contribution < 1.29 is 38.1 Å². The highest BCUT2D eigenvalue weighted by Gasteiger charge is 2.24. The third kappa shape index (κ3) is 4.63. The maximum atomic E-state index is 11.4. The van der Waals surface area contributed by atoms with E-state index in [1.165, 1.54) is 20.3 Å². The van der Waals surface area contributed by atoms with E-state index >= 15 is 0 Å². The van der Waals surface area contributed by atoms with Gasteiger partial charge in [-0.1, -0.05) is 0 Å². The molecule has 0 spiro atoms. The van der Waals surface area contributed by atoms with Gasteiger partial charge in [0.05, 0.1) is 16.5 Å². The van der Waals surface area contributed by atoms with Crippen LogP contribution < -0.4 is 9.47 Å². The zero-order valence-electron chi connectivity index (χ0n) is 14.1. The van der Waals surface area contributed by atoms with Gasteiger partial charge in [-0.05, 0) is 33.6 Å². The van der Waals surface area contributed by atoms with Crippen molar-refractivity contribution in [3.05, 3.63) is 34.0 Å². The summed E-state index contributed by atoms with van der Waals surface area (Å²) >= 11 is 3.37. The van der Waals surface area contributed by atoms with Gasteiger partial charge in [-0.3, -0.25) is 9.59 Å². The molecule has 0 aliphatic heterocycles. The molecule has 1 aromatic heterocycles. The number of carbonyl (C=O) groups excluding carboxylic acids is 1. The Bertz CT molecular complexity index is 783. The highest BCUT2D eigenvalue weighted by atomic mass is 79.9. The molecule has 0 aliphatic carbocycles. The summed E-state index contributed by atoms with van der Waals surface area (Å²) in [6.45, 7) is -0.115. The number of methoxy groups -OCH3 is 2. The Morgan fingerprint density at radius 3 is 2.38 bits per heavy atom. The first-order valence-corrected chi connectivity index (χ1v) is 8.17. The zero-order valence-corrected chi connectivity index (χ0v) is 15.7. The molecular formula is C17H17BrO8. The predicted molar refractivity (Wildman–Crippen MR) is 93.6 cm³/mol. The molecule has 0 unspecified atom stereocenters. The SMILES string of the molecule is COCOc1cc(OCOC)c(-c2ccc(C=O)o2)c(CC(=O)O)c1Br. The number of aldehydes is 1. The number of aliphatic carboxylic acids is 1. The van der Waals surface area contributed by atoms with E-state index < -0.39 is 5.97 Å². The molecule has 0 fully saturated rings. The number of hydrogen-bond donors (Lipinski definition) is 1. The summed E-state index contributed by atoms with van der Waals surface area (Å²) in [5.74, 6) is -0.0525. The lowest BCUT2D eigenvalue weighted by atomic mass is 10.0. The van der Waals surface area contributed by atoms with Gasteiger partial charge in [-0.15, -0.1) is 0 Å². The first kappa shape index (κ1) is 20.0. The minimum atomic E-state index is -1.06. The molecule has 2 rings (SSSR count). The second-order valence-electron chi connectivity index (χ2n) is 5.03. The summed E-state index contributed by atoms with van der Waals surface area (Å²) in [4.78, 5) is 22.3. The van der Waals surface area contributed by atoms with Gasteiger partial charge in [-0.2, -0.15) is 0 Å². The Kier molecular flexibility index (Phi) is 7.19. The molecule has 2 aromatic rings. The lowest BCUT2D eigenvalue weighted by Crippen LogP contribution is -2.09. The van der Waals surface area contributed by atoms with Crippen LogP contribution in [0.5, 0.6) is 11.5 Å². The maximum absolute atomic E-state index is 11.4. The molecule has 0 radical (unpaired) electrons. The summed E-state index contributed by atoms with van der Waals surface area (Å²) in [6, 6.07) is 4.61. The fourth-order valence-corrected chi connectivity index (χ4v) is 2.83. The van der Waals surface area contributed by atoms with Gasteiger partial charge in [-0.25, -0.2) is 0 Å².